The van der Waals surface area contributed by atoms with Crippen LogP contribution in [0.4, 0.5) is 0 Å². The largest absolute Gasteiger partial charge is 0.0628 e. The lowest BCUT2D eigenvalue weighted by Gasteiger charge is -2.28. The van der Waals surface area contributed by atoms with E-state index in [4.69, 9.17) is 0 Å². The van der Waals surface area contributed by atoms with Gasteiger partial charge in [-0.1, -0.05) is 151 Å². The van der Waals surface area contributed by atoms with Gasteiger partial charge in [0.2, 0.25) is 0 Å². The Labute approximate surface area is 199 Å². The van der Waals surface area contributed by atoms with Gasteiger partial charge in [0, 0.05) is 0 Å². The second kappa shape index (κ2) is 16.6. The second-order valence-corrected chi connectivity index (χ2v) is 13.5. The quantitative estimate of drug-likeness (QED) is 0.390. The highest BCUT2D eigenvalue weighted by Crippen LogP contribution is 2.34. The van der Waals surface area contributed by atoms with Gasteiger partial charge in [-0.3, -0.25) is 0 Å². The van der Waals surface area contributed by atoms with E-state index in [1.165, 1.54) is 116 Å². The van der Waals surface area contributed by atoms with E-state index in [1.54, 1.807) is 0 Å². The summed E-state index contributed by atoms with van der Waals surface area (Å²) < 4.78 is 0. The van der Waals surface area contributed by atoms with Gasteiger partial charge in [-0.25, -0.2) is 0 Å². The lowest BCUT2D eigenvalue weighted by atomic mass is 9.78. The molecule has 0 spiro atoms. The third kappa shape index (κ3) is 17.2. The summed E-state index contributed by atoms with van der Waals surface area (Å²) in [5, 5.41) is 0. The predicted octanol–water partition coefficient (Wildman–Crippen LogP) is 11.2. The monoisotopic (exact) mass is 434 g/mol. The third-order valence-electron chi connectivity index (χ3n) is 7.78. The predicted molar refractivity (Wildman–Crippen MR) is 143 cm³/mol. The van der Waals surface area contributed by atoms with E-state index < -0.39 is 0 Å². The molecule has 0 aromatic rings. The molecular weight excluding hydrogens is 372 g/mol. The zero-order valence-corrected chi connectivity index (χ0v) is 23.1. The maximum Gasteiger partial charge on any atom is -0.0380 e. The zero-order chi connectivity index (χ0) is 23.1. The molecule has 186 valence electrons. The molecule has 0 N–H and O–H groups in total. The molecule has 3 aliphatic rings. The van der Waals surface area contributed by atoms with Gasteiger partial charge < -0.3 is 0 Å². The summed E-state index contributed by atoms with van der Waals surface area (Å²) in [4.78, 5) is 0. The van der Waals surface area contributed by atoms with Gasteiger partial charge in [0.25, 0.3) is 0 Å². The van der Waals surface area contributed by atoms with Crippen molar-refractivity contribution in [2.45, 2.75) is 164 Å². The fourth-order valence-electron chi connectivity index (χ4n) is 6.21. The molecule has 3 saturated carbocycles. The van der Waals surface area contributed by atoms with Gasteiger partial charge in [0.1, 0.15) is 0 Å². The van der Waals surface area contributed by atoms with E-state index >= 15 is 0 Å². The Hall–Kier alpha value is 0. The molecule has 3 aliphatic carbocycles. The van der Waals surface area contributed by atoms with Gasteiger partial charge in [-0.2, -0.15) is 0 Å². The summed E-state index contributed by atoms with van der Waals surface area (Å²) in [6, 6.07) is 0. The van der Waals surface area contributed by atoms with E-state index in [-0.39, 0.29) is 0 Å². The molecule has 0 heteroatoms. The van der Waals surface area contributed by atoms with E-state index in [0.29, 0.717) is 5.41 Å². The van der Waals surface area contributed by atoms with Crippen LogP contribution in [0, 0.1) is 35.0 Å². The highest BCUT2D eigenvalue weighted by Gasteiger charge is 2.20. The first-order chi connectivity index (χ1) is 14.7. The summed E-state index contributed by atoms with van der Waals surface area (Å²) in [5.74, 6) is 5.06. The topological polar surface area (TPSA) is 0 Å². The minimum Gasteiger partial charge on any atom is -0.0628 e. The van der Waals surface area contributed by atoms with Gasteiger partial charge in [-0.15, -0.1) is 0 Å². The lowest BCUT2D eigenvalue weighted by molar-refractivity contribution is 0.240. The molecular formula is C31H62. The van der Waals surface area contributed by atoms with Crippen molar-refractivity contribution in [1.29, 1.82) is 0 Å². The number of rotatable bonds is 6. The van der Waals surface area contributed by atoms with E-state index in [1.807, 2.05) is 0 Å². The summed E-state index contributed by atoms with van der Waals surface area (Å²) in [7, 11) is 0. The summed E-state index contributed by atoms with van der Waals surface area (Å²) in [6.45, 7) is 16.4. The van der Waals surface area contributed by atoms with Crippen molar-refractivity contribution in [2.75, 3.05) is 0 Å². The Morgan fingerprint density at radius 1 is 0.548 bits per heavy atom. The standard InChI is InChI=1S/2C11H22.C9H18/c1-11(2,3)9-10-7-5-4-6-8-10;1-10(2)8-9-11-6-4-3-5-7-11;1-8(2)7-9-5-3-4-6-9/h10H,4-9H2,1-3H3;10-11H,3-9H2,1-2H3;8-9H,3-7H2,1-2H3. The zero-order valence-electron chi connectivity index (χ0n) is 23.1. The van der Waals surface area contributed by atoms with Crippen LogP contribution in [0.2, 0.25) is 0 Å². The van der Waals surface area contributed by atoms with Crippen LogP contribution in [-0.4, -0.2) is 0 Å². The molecule has 0 saturated heterocycles. The van der Waals surface area contributed by atoms with E-state index in [2.05, 4.69) is 48.5 Å². The first kappa shape index (κ1) is 29.0. The maximum atomic E-state index is 2.36. The Kier molecular flexibility index (Phi) is 15.5. The number of hydrogen-bond donors (Lipinski definition) is 0. The van der Waals surface area contributed by atoms with Crippen LogP contribution in [-0.2, 0) is 0 Å². The van der Waals surface area contributed by atoms with Crippen molar-refractivity contribution >= 4 is 0 Å². The van der Waals surface area contributed by atoms with Crippen LogP contribution in [0.25, 0.3) is 0 Å². The highest BCUT2D eigenvalue weighted by molar-refractivity contribution is 4.72. The maximum absolute atomic E-state index is 2.36. The molecule has 31 heavy (non-hydrogen) atoms. The summed E-state index contributed by atoms with van der Waals surface area (Å²) >= 11 is 0. The van der Waals surface area contributed by atoms with Crippen molar-refractivity contribution in [3.8, 4) is 0 Å². The Morgan fingerprint density at radius 2 is 0.968 bits per heavy atom. The minimum absolute atomic E-state index is 0.558. The van der Waals surface area contributed by atoms with Crippen LogP contribution in [0.5, 0.6) is 0 Å². The van der Waals surface area contributed by atoms with Crippen LogP contribution >= 0.6 is 0 Å². The van der Waals surface area contributed by atoms with Crippen molar-refractivity contribution in [3.63, 3.8) is 0 Å². The molecule has 0 unspecified atom stereocenters. The van der Waals surface area contributed by atoms with Crippen LogP contribution in [0.3, 0.4) is 0 Å². The molecule has 3 fully saturated rings. The fraction of sp³-hybridized carbons (Fsp3) is 1.00. The number of hydrogen-bond acceptors (Lipinski definition) is 0. The van der Waals surface area contributed by atoms with Crippen molar-refractivity contribution in [2.24, 2.45) is 35.0 Å². The van der Waals surface area contributed by atoms with Crippen LogP contribution < -0.4 is 0 Å². The fourth-order valence-corrected chi connectivity index (χ4v) is 6.21. The van der Waals surface area contributed by atoms with Gasteiger partial charge in [0.05, 0.1) is 0 Å². The van der Waals surface area contributed by atoms with E-state index in [9.17, 15) is 0 Å². The van der Waals surface area contributed by atoms with Crippen molar-refractivity contribution in [3.05, 3.63) is 0 Å². The molecule has 0 bridgehead atoms. The first-order valence-corrected chi connectivity index (χ1v) is 14.7. The molecule has 0 atom stereocenters. The third-order valence-corrected chi connectivity index (χ3v) is 7.78. The normalized spacial score (nSPS) is 21.6. The van der Waals surface area contributed by atoms with Crippen molar-refractivity contribution < 1.29 is 0 Å². The van der Waals surface area contributed by atoms with Crippen LogP contribution in [0.1, 0.15) is 164 Å². The SMILES string of the molecule is CC(C)(C)CC1CCCCC1.CC(C)CC1CCCC1.CC(C)CCC1CCCCC1. The first-order valence-electron chi connectivity index (χ1n) is 14.7. The summed E-state index contributed by atoms with van der Waals surface area (Å²) in [5.41, 5.74) is 0.558. The van der Waals surface area contributed by atoms with Gasteiger partial charge >= 0.3 is 0 Å². The Balaban J connectivity index is 0.000000234. The average molecular weight is 435 g/mol. The smallest absolute Gasteiger partial charge is 0.0380 e. The average Bonchev–Trinajstić information content (AvgIpc) is 3.20. The molecule has 3 rings (SSSR count). The molecule has 0 aromatic heterocycles. The molecule has 0 radical (unpaired) electrons. The Bertz CT molecular complexity index is 381. The minimum atomic E-state index is 0.558. The molecule has 0 aromatic carbocycles. The lowest BCUT2D eigenvalue weighted by Crippen LogP contribution is -2.15. The highest BCUT2D eigenvalue weighted by atomic mass is 14.3. The van der Waals surface area contributed by atoms with E-state index in [0.717, 1.165) is 29.6 Å². The molecule has 0 aliphatic heterocycles. The second-order valence-electron chi connectivity index (χ2n) is 13.5. The van der Waals surface area contributed by atoms with Gasteiger partial charge in [-0.05, 0) is 47.8 Å². The van der Waals surface area contributed by atoms with Gasteiger partial charge in [0.15, 0.2) is 0 Å². The molecule has 0 heterocycles. The van der Waals surface area contributed by atoms with Crippen molar-refractivity contribution in [1.82, 2.24) is 0 Å². The molecule has 0 amide bonds. The summed E-state index contributed by atoms with van der Waals surface area (Å²) in [6.07, 6.45) is 26.9. The Morgan fingerprint density at radius 3 is 1.39 bits per heavy atom. The van der Waals surface area contributed by atoms with Crippen LogP contribution in [0.15, 0.2) is 0 Å². The molecule has 0 nitrogen and oxygen atoms in total.